The van der Waals surface area contributed by atoms with Crippen LogP contribution in [-0.4, -0.2) is 4.92 Å². The highest BCUT2D eigenvalue weighted by molar-refractivity contribution is 5.59. The van der Waals surface area contributed by atoms with Crippen molar-refractivity contribution in [1.29, 1.82) is 5.26 Å². The van der Waals surface area contributed by atoms with Gasteiger partial charge in [0.1, 0.15) is 11.8 Å². The van der Waals surface area contributed by atoms with Gasteiger partial charge in [-0.05, 0) is 24.3 Å². The minimum Gasteiger partial charge on any atom is -0.446 e. The number of rotatable bonds is 2. The summed E-state index contributed by atoms with van der Waals surface area (Å²) in [5.74, 6) is 0.736. The molecule has 0 atom stereocenters. The van der Waals surface area contributed by atoms with Crippen molar-refractivity contribution in [3.05, 3.63) is 52.3 Å². The van der Waals surface area contributed by atoms with Gasteiger partial charge >= 0.3 is 0 Å². The highest BCUT2D eigenvalue weighted by Gasteiger charge is 2.07. The zero-order valence-electron chi connectivity index (χ0n) is 8.08. The molecule has 1 heterocycles. The van der Waals surface area contributed by atoms with E-state index in [1.165, 1.54) is 12.1 Å². The third kappa shape index (κ3) is 1.77. The third-order valence-electron chi connectivity index (χ3n) is 2.08. The van der Waals surface area contributed by atoms with Crippen molar-refractivity contribution in [2.75, 3.05) is 0 Å². The zero-order chi connectivity index (χ0) is 11.5. The van der Waals surface area contributed by atoms with Gasteiger partial charge in [0.05, 0.1) is 4.92 Å². The van der Waals surface area contributed by atoms with E-state index in [2.05, 4.69) is 0 Å². The van der Waals surface area contributed by atoms with E-state index in [-0.39, 0.29) is 11.4 Å². The molecule has 0 N–H and O–H groups in total. The molecule has 0 fully saturated rings. The van der Waals surface area contributed by atoms with Gasteiger partial charge in [0.2, 0.25) is 5.76 Å². The minimum absolute atomic E-state index is 0.0239. The Bertz CT molecular complexity index is 564. The van der Waals surface area contributed by atoms with Gasteiger partial charge in [0.25, 0.3) is 5.69 Å². The normalized spacial score (nSPS) is 9.69. The summed E-state index contributed by atoms with van der Waals surface area (Å²) in [5, 5.41) is 19.0. The van der Waals surface area contributed by atoms with Crippen LogP contribution in [0.25, 0.3) is 11.3 Å². The predicted octanol–water partition coefficient (Wildman–Crippen LogP) is 2.73. The molecular weight excluding hydrogens is 208 g/mol. The second kappa shape index (κ2) is 3.87. The van der Waals surface area contributed by atoms with Crippen LogP contribution in [0.4, 0.5) is 5.69 Å². The van der Waals surface area contributed by atoms with E-state index in [0.717, 1.165) is 0 Å². The summed E-state index contributed by atoms with van der Waals surface area (Å²) in [6.45, 7) is 0. The predicted molar refractivity (Wildman–Crippen MR) is 55.5 cm³/mol. The lowest BCUT2D eigenvalue weighted by atomic mass is 10.1. The number of furan rings is 1. The monoisotopic (exact) mass is 214 g/mol. The zero-order valence-corrected chi connectivity index (χ0v) is 8.08. The van der Waals surface area contributed by atoms with E-state index in [1.807, 2.05) is 6.07 Å². The van der Waals surface area contributed by atoms with E-state index in [1.54, 1.807) is 24.3 Å². The van der Waals surface area contributed by atoms with Crippen molar-refractivity contribution >= 4 is 5.69 Å². The quantitative estimate of drug-likeness (QED) is 0.568. The number of nitriles is 1. The van der Waals surface area contributed by atoms with Gasteiger partial charge in [-0.2, -0.15) is 5.26 Å². The molecule has 2 rings (SSSR count). The molecule has 0 bridgehead atoms. The van der Waals surface area contributed by atoms with Crippen LogP contribution < -0.4 is 0 Å². The van der Waals surface area contributed by atoms with Crippen molar-refractivity contribution in [3.8, 4) is 17.4 Å². The van der Waals surface area contributed by atoms with Crippen molar-refractivity contribution in [3.63, 3.8) is 0 Å². The molecule has 0 radical (unpaired) electrons. The Morgan fingerprint density at radius 1 is 1.19 bits per heavy atom. The average Bonchev–Trinajstić information content (AvgIpc) is 2.77. The first-order chi connectivity index (χ1) is 7.70. The van der Waals surface area contributed by atoms with Gasteiger partial charge in [-0.1, -0.05) is 0 Å². The molecule has 2 aromatic rings. The maximum Gasteiger partial charge on any atom is 0.269 e. The fourth-order valence-corrected chi connectivity index (χ4v) is 1.30. The lowest BCUT2D eigenvalue weighted by molar-refractivity contribution is -0.384. The molecule has 0 spiro atoms. The summed E-state index contributed by atoms with van der Waals surface area (Å²) in [5.41, 5.74) is 0.725. The Kier molecular flexibility index (Phi) is 2.40. The van der Waals surface area contributed by atoms with E-state index < -0.39 is 4.92 Å². The molecule has 0 aliphatic carbocycles. The summed E-state index contributed by atoms with van der Waals surface area (Å²) in [7, 11) is 0. The lowest BCUT2D eigenvalue weighted by Crippen LogP contribution is -1.86. The molecule has 0 aliphatic rings. The van der Waals surface area contributed by atoms with Gasteiger partial charge in [0, 0.05) is 17.7 Å². The smallest absolute Gasteiger partial charge is 0.269 e. The van der Waals surface area contributed by atoms with E-state index in [4.69, 9.17) is 9.68 Å². The number of nitro benzene ring substituents is 1. The van der Waals surface area contributed by atoms with Gasteiger partial charge in [-0.15, -0.1) is 0 Å². The average molecular weight is 214 g/mol. The Balaban J connectivity index is 2.35. The van der Waals surface area contributed by atoms with Crippen LogP contribution in [0.3, 0.4) is 0 Å². The highest BCUT2D eigenvalue weighted by atomic mass is 16.6. The molecule has 1 aromatic carbocycles. The summed E-state index contributed by atoms with van der Waals surface area (Å²) in [6.07, 6.45) is 0. The largest absolute Gasteiger partial charge is 0.446 e. The minimum atomic E-state index is -0.466. The fraction of sp³-hybridized carbons (Fsp3) is 0. The second-order valence-electron chi connectivity index (χ2n) is 3.08. The van der Waals surface area contributed by atoms with Crippen LogP contribution >= 0.6 is 0 Å². The number of benzene rings is 1. The summed E-state index contributed by atoms with van der Waals surface area (Å²) >= 11 is 0. The lowest BCUT2D eigenvalue weighted by Gasteiger charge is -1.95. The Morgan fingerprint density at radius 3 is 2.38 bits per heavy atom. The van der Waals surface area contributed by atoms with Crippen LogP contribution in [-0.2, 0) is 0 Å². The molecule has 1 aromatic heterocycles. The molecule has 0 aliphatic heterocycles. The van der Waals surface area contributed by atoms with E-state index >= 15 is 0 Å². The van der Waals surface area contributed by atoms with E-state index in [0.29, 0.717) is 11.3 Å². The van der Waals surface area contributed by atoms with Crippen molar-refractivity contribution in [1.82, 2.24) is 0 Å². The third-order valence-corrected chi connectivity index (χ3v) is 2.08. The van der Waals surface area contributed by atoms with Crippen LogP contribution in [0.5, 0.6) is 0 Å². The highest BCUT2D eigenvalue weighted by Crippen LogP contribution is 2.24. The van der Waals surface area contributed by atoms with Gasteiger partial charge < -0.3 is 4.42 Å². The molecule has 0 unspecified atom stereocenters. The SMILES string of the molecule is N#Cc1ccc(-c2ccc([N+](=O)[O-])cc2)o1. The Hall–Kier alpha value is -2.61. The molecule has 78 valence electrons. The first kappa shape index (κ1) is 9.93. The number of non-ortho nitro benzene ring substituents is 1. The number of nitrogens with zero attached hydrogens (tertiary/aromatic N) is 2. The topological polar surface area (TPSA) is 80.1 Å². The van der Waals surface area contributed by atoms with Gasteiger partial charge in [0.15, 0.2) is 0 Å². The number of nitro groups is 1. The van der Waals surface area contributed by atoms with E-state index in [9.17, 15) is 10.1 Å². The van der Waals surface area contributed by atoms with Crippen molar-refractivity contribution in [2.24, 2.45) is 0 Å². The maximum atomic E-state index is 10.4. The summed E-state index contributed by atoms with van der Waals surface area (Å²) < 4.78 is 5.19. The Morgan fingerprint density at radius 2 is 1.88 bits per heavy atom. The maximum absolute atomic E-state index is 10.4. The van der Waals surface area contributed by atoms with Gasteiger partial charge in [-0.25, -0.2) is 0 Å². The molecule has 0 saturated carbocycles. The van der Waals surface area contributed by atoms with Crippen molar-refractivity contribution in [2.45, 2.75) is 0 Å². The van der Waals surface area contributed by atoms with Crippen LogP contribution in [0.1, 0.15) is 5.76 Å². The van der Waals surface area contributed by atoms with Crippen LogP contribution in [0.2, 0.25) is 0 Å². The molecular formula is C11H6N2O3. The number of hydrogen-bond donors (Lipinski definition) is 0. The Labute approximate surface area is 90.7 Å². The molecule has 0 amide bonds. The molecule has 5 nitrogen and oxygen atoms in total. The van der Waals surface area contributed by atoms with Crippen LogP contribution in [0.15, 0.2) is 40.8 Å². The summed E-state index contributed by atoms with van der Waals surface area (Å²) in [6, 6.07) is 11.0. The first-order valence-electron chi connectivity index (χ1n) is 4.45. The fourth-order valence-electron chi connectivity index (χ4n) is 1.30. The molecule has 0 saturated heterocycles. The second-order valence-corrected chi connectivity index (χ2v) is 3.08. The van der Waals surface area contributed by atoms with Gasteiger partial charge in [-0.3, -0.25) is 10.1 Å². The van der Waals surface area contributed by atoms with Crippen molar-refractivity contribution < 1.29 is 9.34 Å². The summed E-state index contributed by atoms with van der Waals surface area (Å²) in [4.78, 5) is 9.97. The number of hydrogen-bond acceptors (Lipinski definition) is 4. The molecule has 5 heteroatoms. The standard InChI is InChI=1S/C11H6N2O3/c12-7-10-5-6-11(16-10)8-1-3-9(4-2-8)13(14)15/h1-6H. The first-order valence-corrected chi connectivity index (χ1v) is 4.45. The van der Waals surface area contributed by atoms with Crippen LogP contribution in [0, 0.1) is 21.4 Å². The molecule has 16 heavy (non-hydrogen) atoms.